The number of ketones is 1. The van der Waals surface area contributed by atoms with Crippen molar-refractivity contribution in [2.24, 2.45) is 0 Å². The summed E-state index contributed by atoms with van der Waals surface area (Å²) in [6.45, 7) is 0.697. The van der Waals surface area contributed by atoms with Crippen LogP contribution in [-0.2, 0) is 0 Å². The number of Topliss-reactive ketones (excluding diaryl/α,β-unsaturated/α-hetero) is 1. The Balaban J connectivity index is 1.59. The van der Waals surface area contributed by atoms with Crippen molar-refractivity contribution < 1.29 is 4.79 Å². The molecule has 2 nitrogen and oxygen atoms in total. The van der Waals surface area contributed by atoms with Gasteiger partial charge in [0.1, 0.15) is 5.37 Å². The molecule has 3 aromatic rings. The molecule has 4 rings (SSSR count). The van der Waals surface area contributed by atoms with Gasteiger partial charge in [-0.2, -0.15) is 0 Å². The van der Waals surface area contributed by atoms with Gasteiger partial charge >= 0.3 is 0 Å². The van der Waals surface area contributed by atoms with Gasteiger partial charge in [-0.15, -0.1) is 0 Å². The first-order valence-electron chi connectivity index (χ1n) is 8.66. The lowest BCUT2D eigenvalue weighted by Crippen LogP contribution is -2.36. The van der Waals surface area contributed by atoms with Gasteiger partial charge in [0.25, 0.3) is 0 Å². The average molecular weight is 357 g/mol. The van der Waals surface area contributed by atoms with Crippen LogP contribution < -0.4 is 4.90 Å². The minimum Gasteiger partial charge on any atom is -0.348 e. The Morgan fingerprint density at radius 3 is 2.31 bits per heavy atom. The Morgan fingerprint density at radius 2 is 1.54 bits per heavy atom. The molecule has 3 aromatic carbocycles. The number of nitrogens with zero attached hydrogens (tertiary/aromatic N) is 1. The largest absolute Gasteiger partial charge is 0.348 e. The van der Waals surface area contributed by atoms with E-state index in [1.807, 2.05) is 60.7 Å². The number of carbonyl (C=O) groups excluding carboxylic acids is 1. The van der Waals surface area contributed by atoms with Crippen molar-refractivity contribution in [2.75, 3.05) is 11.4 Å². The maximum atomic E-state index is 13.1. The van der Waals surface area contributed by atoms with E-state index in [0.29, 0.717) is 6.54 Å². The molecule has 26 heavy (non-hydrogen) atoms. The lowest BCUT2D eigenvalue weighted by atomic mass is 10.1. The van der Waals surface area contributed by atoms with Crippen LogP contribution in [0.4, 0.5) is 5.69 Å². The summed E-state index contributed by atoms with van der Waals surface area (Å²) in [6, 6.07) is 28.0. The molecule has 0 aliphatic carbocycles. The van der Waals surface area contributed by atoms with Crippen LogP contribution in [0.25, 0.3) is 6.08 Å². The molecule has 128 valence electrons. The van der Waals surface area contributed by atoms with Crippen LogP contribution in [0.5, 0.6) is 0 Å². The first-order valence-corrected chi connectivity index (χ1v) is 9.54. The maximum absolute atomic E-state index is 13.1. The summed E-state index contributed by atoms with van der Waals surface area (Å²) in [5, 5.41) is -0.227. The molecule has 1 unspecified atom stereocenters. The van der Waals surface area contributed by atoms with Crippen LogP contribution >= 0.6 is 11.8 Å². The van der Waals surface area contributed by atoms with Crippen LogP contribution in [0.2, 0.25) is 0 Å². The summed E-state index contributed by atoms with van der Waals surface area (Å²) >= 11 is 1.64. The zero-order chi connectivity index (χ0) is 17.8. The second kappa shape index (κ2) is 7.63. The number of rotatable bonds is 5. The van der Waals surface area contributed by atoms with Gasteiger partial charge in [0.05, 0.1) is 5.69 Å². The van der Waals surface area contributed by atoms with Crippen molar-refractivity contribution in [3.8, 4) is 0 Å². The van der Waals surface area contributed by atoms with Crippen LogP contribution in [0.15, 0.2) is 95.9 Å². The SMILES string of the molecule is O=C(c1ccccc1)C1Sc2ccccc2N1C/C=C/c1ccccc1. The highest BCUT2D eigenvalue weighted by Crippen LogP contribution is 2.44. The lowest BCUT2D eigenvalue weighted by molar-refractivity contribution is 0.0989. The quantitative estimate of drug-likeness (QED) is 0.561. The summed E-state index contributed by atoms with van der Waals surface area (Å²) in [7, 11) is 0. The third-order valence-corrected chi connectivity index (χ3v) is 5.68. The van der Waals surface area contributed by atoms with Crippen molar-refractivity contribution in [1.29, 1.82) is 0 Å². The van der Waals surface area contributed by atoms with Crippen LogP contribution in [0.3, 0.4) is 0 Å². The normalized spacial score (nSPS) is 16.0. The summed E-state index contributed by atoms with van der Waals surface area (Å²) in [6.07, 6.45) is 4.24. The van der Waals surface area contributed by atoms with E-state index in [0.717, 1.165) is 16.1 Å². The van der Waals surface area contributed by atoms with Gasteiger partial charge in [0, 0.05) is 17.0 Å². The summed E-state index contributed by atoms with van der Waals surface area (Å²) in [5.41, 5.74) is 3.05. The van der Waals surface area contributed by atoms with Gasteiger partial charge < -0.3 is 4.90 Å². The third kappa shape index (κ3) is 3.44. The Kier molecular flexibility index (Phi) is 4.89. The van der Waals surface area contributed by atoms with Gasteiger partial charge in [-0.05, 0) is 17.7 Å². The molecule has 0 saturated carbocycles. The van der Waals surface area contributed by atoms with Crippen molar-refractivity contribution in [1.82, 2.24) is 0 Å². The molecule has 1 heterocycles. The van der Waals surface area contributed by atoms with E-state index >= 15 is 0 Å². The zero-order valence-electron chi connectivity index (χ0n) is 14.3. The highest BCUT2D eigenvalue weighted by Gasteiger charge is 2.34. The van der Waals surface area contributed by atoms with Gasteiger partial charge in [-0.1, -0.05) is 96.7 Å². The van der Waals surface area contributed by atoms with E-state index < -0.39 is 0 Å². The smallest absolute Gasteiger partial charge is 0.195 e. The van der Waals surface area contributed by atoms with Crippen molar-refractivity contribution >= 4 is 29.3 Å². The Morgan fingerprint density at radius 1 is 0.885 bits per heavy atom. The first kappa shape index (κ1) is 16.7. The number of anilines is 1. The molecule has 1 atom stereocenters. The molecule has 1 aliphatic rings. The standard InChI is InChI=1S/C23H19NOS/c25-22(19-13-5-2-6-14-19)23-24(20-15-7-8-16-21(20)26-23)17-9-12-18-10-3-1-4-11-18/h1-16,23H,17H2/b12-9+. The monoisotopic (exact) mass is 357 g/mol. The average Bonchev–Trinajstić information content (AvgIpc) is 3.08. The number of thioether (sulfide) groups is 1. The predicted molar refractivity (Wildman–Crippen MR) is 110 cm³/mol. The predicted octanol–water partition coefficient (Wildman–Crippen LogP) is 5.52. The number of hydrogen-bond donors (Lipinski definition) is 0. The van der Waals surface area contributed by atoms with Crippen LogP contribution in [0, 0.1) is 0 Å². The Bertz CT molecular complexity index is 921. The van der Waals surface area contributed by atoms with Gasteiger partial charge in [0.2, 0.25) is 0 Å². The van der Waals surface area contributed by atoms with E-state index in [-0.39, 0.29) is 11.2 Å². The maximum Gasteiger partial charge on any atom is 0.195 e. The van der Waals surface area contributed by atoms with Crippen LogP contribution in [-0.4, -0.2) is 17.7 Å². The number of para-hydroxylation sites is 1. The van der Waals surface area contributed by atoms with E-state index in [4.69, 9.17) is 0 Å². The fourth-order valence-electron chi connectivity index (χ4n) is 3.10. The van der Waals surface area contributed by atoms with Gasteiger partial charge in [-0.3, -0.25) is 4.79 Å². The Hall–Kier alpha value is -2.78. The van der Waals surface area contributed by atoms with Crippen molar-refractivity contribution in [3.05, 3.63) is 102 Å². The van der Waals surface area contributed by atoms with E-state index in [1.54, 1.807) is 11.8 Å². The van der Waals surface area contributed by atoms with Gasteiger partial charge in [0.15, 0.2) is 5.78 Å². The van der Waals surface area contributed by atoms with E-state index in [2.05, 4.69) is 41.3 Å². The molecular formula is C23H19NOS. The molecule has 0 bridgehead atoms. The molecule has 0 N–H and O–H groups in total. The number of hydrogen-bond acceptors (Lipinski definition) is 3. The minimum absolute atomic E-state index is 0.153. The topological polar surface area (TPSA) is 20.3 Å². The molecule has 0 radical (unpaired) electrons. The highest BCUT2D eigenvalue weighted by molar-refractivity contribution is 8.01. The van der Waals surface area contributed by atoms with Gasteiger partial charge in [-0.25, -0.2) is 0 Å². The third-order valence-electron chi connectivity index (χ3n) is 4.39. The summed E-state index contributed by atoms with van der Waals surface area (Å²) in [4.78, 5) is 16.4. The Labute approximate surface area is 158 Å². The number of fused-ring (bicyclic) bond motifs is 1. The molecule has 0 amide bonds. The van der Waals surface area contributed by atoms with E-state index in [1.165, 1.54) is 5.56 Å². The molecule has 0 aromatic heterocycles. The zero-order valence-corrected chi connectivity index (χ0v) is 15.1. The molecule has 0 fully saturated rings. The fourth-order valence-corrected chi connectivity index (χ4v) is 4.38. The number of carbonyl (C=O) groups is 1. The second-order valence-corrected chi connectivity index (χ2v) is 7.26. The molecular weight excluding hydrogens is 338 g/mol. The second-order valence-electron chi connectivity index (χ2n) is 6.13. The first-order chi connectivity index (χ1) is 12.8. The fraction of sp³-hybridized carbons (Fsp3) is 0.0870. The molecule has 3 heteroatoms. The number of benzene rings is 3. The molecule has 0 spiro atoms. The van der Waals surface area contributed by atoms with Crippen molar-refractivity contribution in [3.63, 3.8) is 0 Å². The lowest BCUT2D eigenvalue weighted by Gasteiger charge is -2.24. The van der Waals surface area contributed by atoms with E-state index in [9.17, 15) is 4.79 Å². The van der Waals surface area contributed by atoms with Crippen molar-refractivity contribution in [2.45, 2.75) is 10.3 Å². The summed E-state index contributed by atoms with van der Waals surface area (Å²) < 4.78 is 0. The molecule has 0 saturated heterocycles. The van der Waals surface area contributed by atoms with Crippen LogP contribution in [0.1, 0.15) is 15.9 Å². The summed E-state index contributed by atoms with van der Waals surface area (Å²) in [5.74, 6) is 0.153. The molecule has 1 aliphatic heterocycles. The minimum atomic E-state index is -0.227. The highest BCUT2D eigenvalue weighted by atomic mass is 32.2.